The van der Waals surface area contributed by atoms with E-state index in [1.807, 2.05) is 12.1 Å². The molecule has 0 aliphatic carbocycles. The van der Waals surface area contributed by atoms with Gasteiger partial charge in [-0.15, -0.1) is 11.3 Å². The van der Waals surface area contributed by atoms with Gasteiger partial charge in [0.15, 0.2) is 9.84 Å². The van der Waals surface area contributed by atoms with Gasteiger partial charge in [-0.25, -0.2) is 13.2 Å². The van der Waals surface area contributed by atoms with Crippen LogP contribution in [0.5, 0.6) is 0 Å². The normalized spacial score (nSPS) is 20.1. The van der Waals surface area contributed by atoms with E-state index in [4.69, 9.17) is 0 Å². The molecule has 1 atom stereocenters. The van der Waals surface area contributed by atoms with Gasteiger partial charge in [-0.05, 0) is 35.2 Å². The average Bonchev–Trinajstić information content (AvgIpc) is 3.03. The summed E-state index contributed by atoms with van der Waals surface area (Å²) in [5.74, 6) is 0.217. The fraction of sp³-hybridized carbons (Fsp3) is 0.400. The molecule has 2 N–H and O–H groups in total. The van der Waals surface area contributed by atoms with E-state index in [1.54, 1.807) is 11.3 Å². The average molecular weight is 338 g/mol. The van der Waals surface area contributed by atoms with Crippen LogP contribution in [0.4, 0.5) is 4.79 Å². The monoisotopic (exact) mass is 338 g/mol. The molecule has 5 nitrogen and oxygen atoms in total. The molecule has 0 bridgehead atoms. The van der Waals surface area contributed by atoms with E-state index in [9.17, 15) is 13.2 Å². The minimum Gasteiger partial charge on any atom is -0.338 e. The van der Waals surface area contributed by atoms with Crippen LogP contribution in [0.15, 0.2) is 29.6 Å². The summed E-state index contributed by atoms with van der Waals surface area (Å²) in [7, 11) is -2.96. The lowest BCUT2D eigenvalue weighted by Crippen LogP contribution is -2.43. The van der Waals surface area contributed by atoms with Crippen LogP contribution in [0, 0.1) is 0 Å². The predicted octanol–water partition coefficient (Wildman–Crippen LogP) is 1.93. The maximum atomic E-state index is 11.8. The minimum atomic E-state index is -2.96. The number of rotatable bonds is 4. The van der Waals surface area contributed by atoms with Crippen molar-refractivity contribution in [1.82, 2.24) is 10.6 Å². The first kappa shape index (κ1) is 15.3. The Kier molecular flexibility index (Phi) is 4.35. The number of sulfone groups is 1. The zero-order valence-corrected chi connectivity index (χ0v) is 13.7. The van der Waals surface area contributed by atoms with Gasteiger partial charge >= 0.3 is 6.03 Å². The number of amides is 2. The highest BCUT2D eigenvalue weighted by Gasteiger charge is 2.28. The lowest BCUT2D eigenvalue weighted by molar-refractivity contribution is 0.238. The molecule has 7 heteroatoms. The van der Waals surface area contributed by atoms with Crippen LogP contribution in [0.3, 0.4) is 0 Å². The van der Waals surface area contributed by atoms with Crippen molar-refractivity contribution in [1.29, 1.82) is 0 Å². The van der Waals surface area contributed by atoms with Gasteiger partial charge in [-0.2, -0.15) is 0 Å². The van der Waals surface area contributed by atoms with E-state index in [2.05, 4.69) is 28.1 Å². The molecule has 1 aliphatic heterocycles. The van der Waals surface area contributed by atoms with Gasteiger partial charge < -0.3 is 10.6 Å². The van der Waals surface area contributed by atoms with E-state index >= 15 is 0 Å². The number of nitrogens with one attached hydrogen (secondary N) is 2. The Morgan fingerprint density at radius 2 is 2.14 bits per heavy atom. The number of urea groups is 1. The summed E-state index contributed by atoms with van der Waals surface area (Å²) in [5, 5.41) is 8.88. The van der Waals surface area contributed by atoms with Gasteiger partial charge in [0.1, 0.15) is 0 Å². The third-order valence-electron chi connectivity index (χ3n) is 3.81. The Bertz CT molecular complexity index is 783. The summed E-state index contributed by atoms with van der Waals surface area (Å²) in [4.78, 5) is 11.8. The number of thiophene rings is 1. The SMILES string of the molecule is O=C(NCCc1csc2ccccc12)NC1CCS(=O)(=O)C1. The molecule has 1 aromatic carbocycles. The molecule has 1 saturated heterocycles. The van der Waals surface area contributed by atoms with Crippen molar-refractivity contribution in [3.05, 3.63) is 35.2 Å². The van der Waals surface area contributed by atoms with Crippen molar-refractivity contribution in [3.8, 4) is 0 Å². The number of carbonyl (C=O) groups excluding carboxylic acids is 1. The third-order valence-corrected chi connectivity index (χ3v) is 6.59. The highest BCUT2D eigenvalue weighted by molar-refractivity contribution is 7.91. The summed E-state index contributed by atoms with van der Waals surface area (Å²) >= 11 is 1.70. The zero-order valence-electron chi connectivity index (χ0n) is 12.0. The lowest BCUT2D eigenvalue weighted by Gasteiger charge is -2.11. The van der Waals surface area contributed by atoms with E-state index in [-0.39, 0.29) is 23.6 Å². The van der Waals surface area contributed by atoms with E-state index < -0.39 is 9.84 Å². The molecule has 2 aromatic rings. The van der Waals surface area contributed by atoms with Gasteiger partial charge in [0.25, 0.3) is 0 Å². The molecule has 3 rings (SSSR count). The maximum absolute atomic E-state index is 11.8. The fourth-order valence-corrected chi connectivity index (χ4v) is 5.35. The lowest BCUT2D eigenvalue weighted by atomic mass is 10.1. The van der Waals surface area contributed by atoms with Gasteiger partial charge in [0.05, 0.1) is 11.5 Å². The third kappa shape index (κ3) is 3.59. The Labute approximate surface area is 133 Å². The Balaban J connectivity index is 1.48. The summed E-state index contributed by atoms with van der Waals surface area (Å²) in [6.07, 6.45) is 1.27. The summed E-state index contributed by atoms with van der Waals surface area (Å²) < 4.78 is 23.9. The molecule has 0 radical (unpaired) electrons. The molecule has 0 saturated carbocycles. The van der Waals surface area contributed by atoms with Crippen molar-refractivity contribution >= 4 is 37.3 Å². The van der Waals surface area contributed by atoms with Crippen LogP contribution in [0.1, 0.15) is 12.0 Å². The highest BCUT2D eigenvalue weighted by atomic mass is 32.2. The molecule has 22 heavy (non-hydrogen) atoms. The van der Waals surface area contributed by atoms with Crippen molar-refractivity contribution < 1.29 is 13.2 Å². The van der Waals surface area contributed by atoms with Crippen LogP contribution in [-0.2, 0) is 16.3 Å². The van der Waals surface area contributed by atoms with Crippen LogP contribution < -0.4 is 10.6 Å². The molecule has 1 unspecified atom stereocenters. The first-order valence-corrected chi connectivity index (χ1v) is 9.93. The fourth-order valence-electron chi connectivity index (χ4n) is 2.68. The highest BCUT2D eigenvalue weighted by Crippen LogP contribution is 2.25. The molecule has 1 aromatic heterocycles. The van der Waals surface area contributed by atoms with Crippen LogP contribution in [0.25, 0.3) is 10.1 Å². The molecule has 1 aliphatic rings. The van der Waals surface area contributed by atoms with Gasteiger partial charge in [-0.1, -0.05) is 18.2 Å². The second-order valence-electron chi connectivity index (χ2n) is 5.51. The molecule has 0 spiro atoms. The van der Waals surface area contributed by atoms with Gasteiger partial charge in [0.2, 0.25) is 0 Å². The molecule has 118 valence electrons. The molecule has 2 amide bonds. The van der Waals surface area contributed by atoms with Crippen molar-refractivity contribution in [3.63, 3.8) is 0 Å². The number of fused-ring (bicyclic) bond motifs is 1. The number of carbonyl (C=O) groups is 1. The van der Waals surface area contributed by atoms with Gasteiger partial charge in [0, 0.05) is 17.3 Å². The second-order valence-corrected chi connectivity index (χ2v) is 8.65. The van der Waals surface area contributed by atoms with E-state index in [0.717, 1.165) is 6.42 Å². The van der Waals surface area contributed by atoms with Crippen LogP contribution in [-0.4, -0.2) is 38.5 Å². The number of benzene rings is 1. The largest absolute Gasteiger partial charge is 0.338 e. The second kappa shape index (κ2) is 6.26. The number of hydrogen-bond acceptors (Lipinski definition) is 4. The quantitative estimate of drug-likeness (QED) is 0.894. The molecule has 1 fully saturated rings. The smallest absolute Gasteiger partial charge is 0.315 e. The van der Waals surface area contributed by atoms with Crippen molar-refractivity contribution in [2.45, 2.75) is 18.9 Å². The van der Waals surface area contributed by atoms with E-state index in [1.165, 1.54) is 15.6 Å². The summed E-state index contributed by atoms with van der Waals surface area (Å²) in [6.45, 7) is 0.534. The maximum Gasteiger partial charge on any atom is 0.315 e. The number of hydrogen-bond donors (Lipinski definition) is 2. The van der Waals surface area contributed by atoms with Crippen LogP contribution in [0.2, 0.25) is 0 Å². The molecule has 2 heterocycles. The zero-order chi connectivity index (χ0) is 15.6. The Morgan fingerprint density at radius 1 is 1.32 bits per heavy atom. The standard InChI is InChI=1S/C15H18N2O3S2/c18-15(17-12-6-8-22(19,20)10-12)16-7-5-11-9-21-14-4-2-1-3-13(11)14/h1-4,9,12H,5-8,10H2,(H2,16,17,18). The molecular formula is C15H18N2O3S2. The Hall–Kier alpha value is -1.60. The summed E-state index contributed by atoms with van der Waals surface area (Å²) in [5.41, 5.74) is 1.23. The van der Waals surface area contributed by atoms with Gasteiger partial charge in [-0.3, -0.25) is 0 Å². The topological polar surface area (TPSA) is 75.3 Å². The molecular weight excluding hydrogens is 320 g/mol. The predicted molar refractivity (Wildman–Crippen MR) is 89.1 cm³/mol. The van der Waals surface area contributed by atoms with Crippen molar-refractivity contribution in [2.75, 3.05) is 18.1 Å². The first-order chi connectivity index (χ1) is 10.5. The van der Waals surface area contributed by atoms with Crippen molar-refractivity contribution in [2.24, 2.45) is 0 Å². The Morgan fingerprint density at radius 3 is 2.91 bits per heavy atom. The first-order valence-electron chi connectivity index (χ1n) is 7.23. The van der Waals surface area contributed by atoms with Crippen LogP contribution >= 0.6 is 11.3 Å². The minimum absolute atomic E-state index is 0.0512. The summed E-state index contributed by atoms with van der Waals surface area (Å²) in [6, 6.07) is 7.66. The van der Waals surface area contributed by atoms with E-state index in [0.29, 0.717) is 13.0 Å².